The van der Waals surface area contributed by atoms with E-state index in [1.165, 1.54) is 0 Å². The fraction of sp³-hybridized carbons (Fsp3) is 0.773. The van der Waals surface area contributed by atoms with Gasteiger partial charge in [-0.05, 0) is 51.6 Å². The van der Waals surface area contributed by atoms with Crippen LogP contribution in [0.25, 0.3) is 0 Å². The highest BCUT2D eigenvalue weighted by molar-refractivity contribution is 5.93. The molecule has 2 aliphatic rings. The molecular weight excluding hydrogens is 368 g/mol. The molecule has 2 saturated heterocycles. The van der Waals surface area contributed by atoms with Crippen molar-refractivity contribution < 1.29 is 14.4 Å². The first kappa shape index (κ1) is 23.4. The van der Waals surface area contributed by atoms with E-state index in [2.05, 4.69) is 15.5 Å². The van der Waals surface area contributed by atoms with Gasteiger partial charge in [-0.1, -0.05) is 33.3 Å². The lowest BCUT2D eigenvalue weighted by atomic mass is 9.85. The molecule has 7 nitrogen and oxygen atoms in total. The van der Waals surface area contributed by atoms with Gasteiger partial charge >= 0.3 is 0 Å². The van der Waals surface area contributed by atoms with Crippen molar-refractivity contribution in [2.45, 2.75) is 71.9 Å². The van der Waals surface area contributed by atoms with E-state index < -0.39 is 11.5 Å². The first-order valence-electron chi connectivity index (χ1n) is 10.9. The Kier molecular flexibility index (Phi) is 8.25. The number of likely N-dealkylation sites (tertiary alicyclic amines) is 2. The molecule has 2 aliphatic heterocycles. The molecule has 2 unspecified atom stereocenters. The van der Waals surface area contributed by atoms with E-state index in [1.54, 1.807) is 13.0 Å². The van der Waals surface area contributed by atoms with E-state index in [-0.39, 0.29) is 30.3 Å². The molecule has 2 heterocycles. The Hall–Kier alpha value is -1.89. The highest BCUT2D eigenvalue weighted by atomic mass is 16.2. The number of hydrogen-bond donors (Lipinski definition) is 2. The van der Waals surface area contributed by atoms with Gasteiger partial charge in [-0.2, -0.15) is 0 Å². The smallest absolute Gasteiger partial charge is 0.249 e. The molecule has 2 fully saturated rings. The predicted octanol–water partition coefficient (Wildman–Crippen LogP) is 1.69. The van der Waals surface area contributed by atoms with Crippen molar-refractivity contribution in [3.8, 4) is 0 Å². The summed E-state index contributed by atoms with van der Waals surface area (Å²) in [5, 5.41) is 5.84. The van der Waals surface area contributed by atoms with Gasteiger partial charge in [0.15, 0.2) is 0 Å². The molecule has 164 valence electrons. The molecule has 0 aliphatic carbocycles. The lowest BCUT2D eigenvalue weighted by Crippen LogP contribution is -2.58. The average Bonchev–Trinajstić information content (AvgIpc) is 3.19. The summed E-state index contributed by atoms with van der Waals surface area (Å²) in [6.45, 7) is 10.4. The van der Waals surface area contributed by atoms with Crippen LogP contribution in [-0.4, -0.2) is 72.8 Å². The van der Waals surface area contributed by atoms with E-state index in [9.17, 15) is 14.4 Å². The van der Waals surface area contributed by atoms with Gasteiger partial charge in [0.1, 0.15) is 6.04 Å². The molecule has 2 rings (SSSR count). The summed E-state index contributed by atoms with van der Waals surface area (Å²) in [5.41, 5.74) is 0.226. The molecule has 0 radical (unpaired) electrons. The number of rotatable bonds is 6. The van der Waals surface area contributed by atoms with Crippen LogP contribution in [0, 0.1) is 5.41 Å². The second kappa shape index (κ2) is 10.2. The number of nitrogens with zero attached hydrogens (tertiary/aromatic N) is 2. The highest BCUT2D eigenvalue weighted by Gasteiger charge is 2.35. The summed E-state index contributed by atoms with van der Waals surface area (Å²) in [4.78, 5) is 41.9. The van der Waals surface area contributed by atoms with Gasteiger partial charge in [-0.15, -0.1) is 0 Å². The molecule has 0 spiro atoms. The molecule has 2 N–H and O–H groups in total. The Labute approximate surface area is 175 Å². The number of likely N-dealkylation sites (N-methyl/N-ethyl adjacent to an activating group) is 1. The molecule has 7 heteroatoms. The van der Waals surface area contributed by atoms with Crippen LogP contribution in [0.5, 0.6) is 0 Å². The zero-order valence-corrected chi connectivity index (χ0v) is 18.7. The third-order valence-corrected chi connectivity index (χ3v) is 5.90. The topological polar surface area (TPSA) is 81.8 Å². The maximum atomic E-state index is 12.8. The molecule has 29 heavy (non-hydrogen) atoms. The van der Waals surface area contributed by atoms with E-state index in [0.717, 1.165) is 51.7 Å². The van der Waals surface area contributed by atoms with Crippen LogP contribution in [0.4, 0.5) is 0 Å². The number of nitrogens with one attached hydrogen (secondary N) is 2. The zero-order valence-electron chi connectivity index (χ0n) is 18.7. The van der Waals surface area contributed by atoms with Crippen LogP contribution in [0.3, 0.4) is 0 Å². The minimum absolute atomic E-state index is 0.0396. The molecule has 0 aromatic carbocycles. The second-order valence-electron chi connectivity index (χ2n) is 9.43. The van der Waals surface area contributed by atoms with Crippen molar-refractivity contribution in [2.24, 2.45) is 5.41 Å². The zero-order chi connectivity index (χ0) is 21.6. The van der Waals surface area contributed by atoms with E-state index in [4.69, 9.17) is 0 Å². The number of carbonyl (C=O) groups is 3. The van der Waals surface area contributed by atoms with Gasteiger partial charge in [-0.3, -0.25) is 19.3 Å². The molecule has 0 bridgehead atoms. The van der Waals surface area contributed by atoms with Gasteiger partial charge < -0.3 is 15.5 Å². The second-order valence-corrected chi connectivity index (χ2v) is 9.43. The quantitative estimate of drug-likeness (QED) is 0.658. The first-order valence-corrected chi connectivity index (χ1v) is 10.9. The minimum atomic E-state index is -0.631. The van der Waals surface area contributed by atoms with E-state index >= 15 is 0 Å². The van der Waals surface area contributed by atoms with Crippen molar-refractivity contribution in [1.82, 2.24) is 20.4 Å². The first-order chi connectivity index (χ1) is 13.6. The third kappa shape index (κ3) is 6.56. The van der Waals surface area contributed by atoms with Gasteiger partial charge in [0.25, 0.3) is 0 Å². The SMILES string of the molecule is C/C(=C\CNC(=O)C(NC(=O)C1CCCCN1C)C(C)(C)C)C(=O)N1CCCC1. The predicted molar refractivity (Wildman–Crippen MR) is 114 cm³/mol. The molecule has 0 aromatic rings. The van der Waals surface area contributed by atoms with Crippen LogP contribution in [0.2, 0.25) is 0 Å². The maximum Gasteiger partial charge on any atom is 0.249 e. The lowest BCUT2D eigenvalue weighted by molar-refractivity contribution is -0.134. The van der Waals surface area contributed by atoms with Crippen LogP contribution in [-0.2, 0) is 14.4 Å². The third-order valence-electron chi connectivity index (χ3n) is 5.90. The molecule has 3 amide bonds. The van der Waals surface area contributed by atoms with Gasteiger partial charge in [-0.25, -0.2) is 0 Å². The summed E-state index contributed by atoms with van der Waals surface area (Å²) in [6, 6.07) is -0.810. The Morgan fingerprint density at radius 1 is 1.07 bits per heavy atom. The van der Waals surface area contributed by atoms with Crippen molar-refractivity contribution in [3.05, 3.63) is 11.6 Å². The largest absolute Gasteiger partial charge is 0.351 e. The van der Waals surface area contributed by atoms with Crippen molar-refractivity contribution in [3.63, 3.8) is 0 Å². The number of piperidine rings is 1. The van der Waals surface area contributed by atoms with Crippen molar-refractivity contribution in [2.75, 3.05) is 33.2 Å². The summed E-state index contributed by atoms with van der Waals surface area (Å²) in [5.74, 6) is -0.266. The molecular formula is C22H38N4O3. The summed E-state index contributed by atoms with van der Waals surface area (Å²) in [7, 11) is 1.96. The van der Waals surface area contributed by atoms with E-state index in [1.807, 2.05) is 32.7 Å². The average molecular weight is 407 g/mol. The fourth-order valence-corrected chi connectivity index (χ4v) is 3.98. The summed E-state index contributed by atoms with van der Waals surface area (Å²) in [6.07, 6.45) is 6.82. The molecule has 0 aromatic heterocycles. The van der Waals surface area contributed by atoms with Crippen molar-refractivity contribution >= 4 is 17.7 Å². The summed E-state index contributed by atoms with van der Waals surface area (Å²) >= 11 is 0. The van der Waals surface area contributed by atoms with Crippen molar-refractivity contribution in [1.29, 1.82) is 0 Å². The fourth-order valence-electron chi connectivity index (χ4n) is 3.98. The highest BCUT2D eigenvalue weighted by Crippen LogP contribution is 2.21. The molecule has 2 atom stereocenters. The maximum absolute atomic E-state index is 12.8. The minimum Gasteiger partial charge on any atom is -0.351 e. The normalized spacial score (nSPS) is 22.3. The summed E-state index contributed by atoms with van der Waals surface area (Å²) < 4.78 is 0. The van der Waals surface area contributed by atoms with Gasteiger partial charge in [0, 0.05) is 25.2 Å². The Morgan fingerprint density at radius 2 is 1.69 bits per heavy atom. The van der Waals surface area contributed by atoms with Gasteiger partial charge in [0.05, 0.1) is 6.04 Å². The van der Waals surface area contributed by atoms with Crippen LogP contribution < -0.4 is 10.6 Å². The van der Waals surface area contributed by atoms with Gasteiger partial charge in [0.2, 0.25) is 17.7 Å². The number of hydrogen-bond acceptors (Lipinski definition) is 4. The van der Waals surface area contributed by atoms with Crippen LogP contribution >= 0.6 is 0 Å². The molecule has 0 saturated carbocycles. The monoisotopic (exact) mass is 406 g/mol. The standard InChI is InChI=1S/C22H38N4O3/c1-16(21(29)26-14-8-9-15-26)11-12-23-20(28)18(22(2,3)4)24-19(27)17-10-6-7-13-25(17)5/h11,17-18H,6-10,12-15H2,1-5H3,(H,23,28)(H,24,27)/b16-11+. The Morgan fingerprint density at radius 3 is 2.28 bits per heavy atom. The van der Waals surface area contributed by atoms with Crippen LogP contribution in [0.1, 0.15) is 59.8 Å². The van der Waals surface area contributed by atoms with E-state index in [0.29, 0.717) is 5.57 Å². The Balaban J connectivity index is 1.93. The lowest BCUT2D eigenvalue weighted by Gasteiger charge is -2.35. The number of carbonyl (C=O) groups excluding carboxylic acids is 3. The van der Waals surface area contributed by atoms with Crippen LogP contribution in [0.15, 0.2) is 11.6 Å². The number of amides is 3. The Bertz CT molecular complexity index is 632.